The SMILES string of the molecule is O=C(OCc1ccccc1)C(=O)ON=C1c2ccccc2-c2ccccc21. The van der Waals surface area contributed by atoms with E-state index in [-0.39, 0.29) is 6.61 Å². The first-order valence-corrected chi connectivity index (χ1v) is 8.43. The van der Waals surface area contributed by atoms with Crippen molar-refractivity contribution in [3.63, 3.8) is 0 Å². The Hall–Kier alpha value is -3.73. The van der Waals surface area contributed by atoms with Gasteiger partial charge in [-0.3, -0.25) is 0 Å². The fourth-order valence-corrected chi connectivity index (χ4v) is 3.00. The van der Waals surface area contributed by atoms with Gasteiger partial charge in [-0.25, -0.2) is 9.59 Å². The van der Waals surface area contributed by atoms with Gasteiger partial charge in [0.15, 0.2) is 0 Å². The van der Waals surface area contributed by atoms with Gasteiger partial charge < -0.3 is 9.57 Å². The number of nitrogens with zero attached hydrogens (tertiary/aromatic N) is 1. The summed E-state index contributed by atoms with van der Waals surface area (Å²) in [6, 6.07) is 24.5. The quantitative estimate of drug-likeness (QED) is 0.243. The summed E-state index contributed by atoms with van der Waals surface area (Å²) < 4.78 is 4.96. The van der Waals surface area contributed by atoms with Crippen LogP contribution in [0.2, 0.25) is 0 Å². The number of benzene rings is 3. The van der Waals surface area contributed by atoms with Gasteiger partial charge in [0.1, 0.15) is 12.3 Å². The van der Waals surface area contributed by atoms with Crippen LogP contribution in [-0.4, -0.2) is 17.7 Å². The fraction of sp³-hybridized carbons (Fsp3) is 0.0455. The maximum atomic E-state index is 11.9. The Morgan fingerprint density at radius 1 is 0.667 bits per heavy atom. The first-order valence-electron chi connectivity index (χ1n) is 8.43. The summed E-state index contributed by atoms with van der Waals surface area (Å²) in [5.41, 5.74) is 5.02. The van der Waals surface area contributed by atoms with Crippen LogP contribution in [0.5, 0.6) is 0 Å². The van der Waals surface area contributed by atoms with Gasteiger partial charge in [0.25, 0.3) is 0 Å². The molecule has 0 spiro atoms. The minimum atomic E-state index is -1.15. The van der Waals surface area contributed by atoms with Crippen molar-refractivity contribution >= 4 is 17.7 Å². The summed E-state index contributed by atoms with van der Waals surface area (Å²) in [6.45, 7) is -0.00296. The van der Waals surface area contributed by atoms with Crippen LogP contribution in [0.1, 0.15) is 16.7 Å². The molecule has 0 bridgehead atoms. The third-order valence-corrected chi connectivity index (χ3v) is 4.25. The monoisotopic (exact) mass is 357 g/mol. The zero-order valence-electron chi connectivity index (χ0n) is 14.3. The summed E-state index contributed by atoms with van der Waals surface area (Å²) in [6.07, 6.45) is 0. The minimum absolute atomic E-state index is 0.00296. The normalized spacial score (nSPS) is 11.3. The Bertz CT molecular complexity index is 993. The molecule has 0 radical (unpaired) electrons. The summed E-state index contributed by atoms with van der Waals surface area (Å²) in [7, 11) is 0. The van der Waals surface area contributed by atoms with Gasteiger partial charge in [-0.2, -0.15) is 0 Å². The molecule has 5 nitrogen and oxygen atoms in total. The number of hydrogen-bond acceptors (Lipinski definition) is 5. The molecule has 3 aromatic rings. The highest BCUT2D eigenvalue weighted by Crippen LogP contribution is 2.36. The number of fused-ring (bicyclic) bond motifs is 3. The second kappa shape index (κ2) is 7.25. The lowest BCUT2D eigenvalue weighted by atomic mass is 10.1. The lowest BCUT2D eigenvalue weighted by Gasteiger charge is -2.04. The number of carbonyl (C=O) groups excluding carboxylic acids is 2. The molecule has 0 heterocycles. The van der Waals surface area contributed by atoms with Crippen LogP contribution >= 0.6 is 0 Å². The van der Waals surface area contributed by atoms with Crippen LogP contribution in [0.3, 0.4) is 0 Å². The van der Waals surface area contributed by atoms with Crippen molar-refractivity contribution in [3.8, 4) is 11.1 Å². The van der Waals surface area contributed by atoms with Gasteiger partial charge in [0, 0.05) is 11.1 Å². The predicted molar refractivity (Wildman–Crippen MR) is 99.8 cm³/mol. The van der Waals surface area contributed by atoms with Crippen molar-refractivity contribution < 1.29 is 19.2 Å². The molecule has 132 valence electrons. The molecule has 3 aromatic carbocycles. The molecule has 27 heavy (non-hydrogen) atoms. The van der Waals surface area contributed by atoms with Gasteiger partial charge in [0.05, 0.1) is 0 Å². The van der Waals surface area contributed by atoms with E-state index in [1.54, 1.807) is 12.1 Å². The molecule has 4 rings (SSSR count). The fourth-order valence-electron chi connectivity index (χ4n) is 3.00. The second-order valence-corrected chi connectivity index (χ2v) is 5.97. The highest BCUT2D eigenvalue weighted by molar-refractivity contribution is 6.30. The van der Waals surface area contributed by atoms with Crippen molar-refractivity contribution in [3.05, 3.63) is 95.6 Å². The zero-order chi connectivity index (χ0) is 18.6. The van der Waals surface area contributed by atoms with Crippen LogP contribution in [0.25, 0.3) is 11.1 Å². The number of hydrogen-bond donors (Lipinski definition) is 0. The van der Waals surface area contributed by atoms with Crippen molar-refractivity contribution in [2.75, 3.05) is 0 Å². The number of carbonyl (C=O) groups is 2. The summed E-state index contributed by atoms with van der Waals surface area (Å²) in [4.78, 5) is 28.7. The van der Waals surface area contributed by atoms with Crippen LogP contribution < -0.4 is 0 Å². The minimum Gasteiger partial charge on any atom is -0.452 e. The first-order chi connectivity index (χ1) is 13.2. The largest absolute Gasteiger partial charge is 0.452 e. The van der Waals surface area contributed by atoms with Gasteiger partial charge >= 0.3 is 11.9 Å². The number of ether oxygens (including phenoxy) is 1. The smallest absolute Gasteiger partial charge is 0.443 e. The van der Waals surface area contributed by atoms with Crippen LogP contribution in [-0.2, 0) is 25.8 Å². The van der Waals surface area contributed by atoms with E-state index in [4.69, 9.17) is 9.57 Å². The maximum Gasteiger partial charge on any atom is 0.443 e. The number of oxime groups is 1. The van der Waals surface area contributed by atoms with Crippen molar-refractivity contribution in [2.24, 2.45) is 5.16 Å². The van der Waals surface area contributed by atoms with Gasteiger partial charge in [-0.1, -0.05) is 84.0 Å². The van der Waals surface area contributed by atoms with Crippen LogP contribution in [0.4, 0.5) is 0 Å². The lowest BCUT2D eigenvalue weighted by molar-refractivity contribution is -0.168. The molecule has 0 atom stereocenters. The molecule has 0 unspecified atom stereocenters. The third-order valence-electron chi connectivity index (χ3n) is 4.25. The second-order valence-electron chi connectivity index (χ2n) is 5.97. The van der Waals surface area contributed by atoms with E-state index in [1.165, 1.54) is 0 Å². The number of esters is 1. The van der Waals surface area contributed by atoms with Crippen molar-refractivity contribution in [2.45, 2.75) is 6.61 Å². The molecule has 0 saturated carbocycles. The molecular formula is C22H15NO4. The highest BCUT2D eigenvalue weighted by atomic mass is 16.7. The van der Waals surface area contributed by atoms with E-state index in [0.717, 1.165) is 27.8 Å². The highest BCUT2D eigenvalue weighted by Gasteiger charge is 2.26. The van der Waals surface area contributed by atoms with E-state index >= 15 is 0 Å². The molecule has 1 aliphatic carbocycles. The van der Waals surface area contributed by atoms with Gasteiger partial charge in [0.2, 0.25) is 0 Å². The van der Waals surface area contributed by atoms with E-state index in [9.17, 15) is 9.59 Å². The predicted octanol–water partition coefficient (Wildman–Crippen LogP) is 3.71. The van der Waals surface area contributed by atoms with Crippen LogP contribution in [0, 0.1) is 0 Å². The van der Waals surface area contributed by atoms with Crippen LogP contribution in [0.15, 0.2) is 84.0 Å². The average Bonchev–Trinajstić information content (AvgIpc) is 3.05. The molecule has 5 heteroatoms. The molecular weight excluding hydrogens is 342 g/mol. The molecule has 0 N–H and O–H groups in total. The molecule has 0 saturated heterocycles. The van der Waals surface area contributed by atoms with Gasteiger partial charge in [-0.15, -0.1) is 0 Å². The Morgan fingerprint density at radius 2 is 1.19 bits per heavy atom. The molecule has 0 amide bonds. The van der Waals surface area contributed by atoms with Crippen molar-refractivity contribution in [1.29, 1.82) is 0 Å². The topological polar surface area (TPSA) is 65.0 Å². The Morgan fingerprint density at radius 3 is 1.78 bits per heavy atom. The Kier molecular flexibility index (Phi) is 4.49. The van der Waals surface area contributed by atoms with Gasteiger partial charge in [-0.05, 0) is 16.7 Å². The van der Waals surface area contributed by atoms with E-state index < -0.39 is 11.9 Å². The molecule has 0 fully saturated rings. The summed E-state index contributed by atoms with van der Waals surface area (Å²) in [5.74, 6) is -2.23. The van der Waals surface area contributed by atoms with E-state index in [1.807, 2.05) is 66.7 Å². The van der Waals surface area contributed by atoms with Crippen molar-refractivity contribution in [1.82, 2.24) is 0 Å². The van der Waals surface area contributed by atoms with E-state index in [0.29, 0.717) is 5.71 Å². The standard InChI is InChI=1S/C22H15NO4/c24-21(26-14-15-8-2-1-3-9-15)22(25)27-23-20-18-12-6-4-10-16(18)17-11-5-7-13-19(17)20/h1-13H,14H2. The molecule has 1 aliphatic rings. The third kappa shape index (κ3) is 3.35. The Labute approximate surface area is 155 Å². The first kappa shape index (κ1) is 16.7. The summed E-state index contributed by atoms with van der Waals surface area (Å²) >= 11 is 0. The molecule has 0 aromatic heterocycles. The van der Waals surface area contributed by atoms with E-state index in [2.05, 4.69) is 5.16 Å². The summed E-state index contributed by atoms with van der Waals surface area (Å²) in [5, 5.41) is 3.95. The molecule has 0 aliphatic heterocycles. The lowest BCUT2D eigenvalue weighted by Crippen LogP contribution is -2.19. The average molecular weight is 357 g/mol. The Balaban J connectivity index is 1.49. The zero-order valence-corrected chi connectivity index (χ0v) is 14.3. The maximum absolute atomic E-state index is 11.9. The number of rotatable bonds is 3.